The second-order valence-electron chi connectivity index (χ2n) is 8.90. The smallest absolute Gasteiger partial charge is 0.415 e. The molecule has 1 heterocycles. The van der Waals surface area contributed by atoms with Gasteiger partial charge in [0.05, 0.1) is 6.10 Å². The van der Waals surface area contributed by atoms with E-state index in [1.54, 1.807) is 18.2 Å². The standard InChI is InChI=1S/C30H26FNO4/c31-24-14-16-25(17-15-24)32-28(22-12-10-21(11-13-22)23-7-4-8-26(33)19-23)29(36-30(32)35)27(34)18-9-20-5-2-1-3-6-20/h1-8,10-17,19,27-29,33-34H,9,18H2/t27?,28-,29-/m1/s1. The summed E-state index contributed by atoms with van der Waals surface area (Å²) in [6, 6.07) is 29.4. The lowest BCUT2D eigenvalue weighted by Crippen LogP contribution is -2.35. The molecule has 1 amide bonds. The van der Waals surface area contributed by atoms with Crippen LogP contribution in [-0.4, -0.2) is 28.5 Å². The molecule has 4 aromatic rings. The lowest BCUT2D eigenvalue weighted by Gasteiger charge is -2.28. The van der Waals surface area contributed by atoms with Gasteiger partial charge in [0, 0.05) is 5.69 Å². The number of aliphatic hydroxyl groups excluding tert-OH is 1. The number of benzene rings is 4. The Morgan fingerprint density at radius 3 is 2.28 bits per heavy atom. The first-order valence-corrected chi connectivity index (χ1v) is 11.9. The number of aromatic hydroxyl groups is 1. The molecular weight excluding hydrogens is 457 g/mol. The van der Waals surface area contributed by atoms with Gasteiger partial charge < -0.3 is 14.9 Å². The third kappa shape index (κ3) is 4.95. The second kappa shape index (κ2) is 10.2. The van der Waals surface area contributed by atoms with Crippen molar-refractivity contribution in [2.45, 2.75) is 31.1 Å². The van der Waals surface area contributed by atoms with Gasteiger partial charge in [-0.1, -0.05) is 66.7 Å². The number of amides is 1. The van der Waals surface area contributed by atoms with Crippen LogP contribution in [0.2, 0.25) is 0 Å². The normalized spacial score (nSPS) is 18.2. The predicted molar refractivity (Wildman–Crippen MR) is 136 cm³/mol. The minimum atomic E-state index is -0.907. The van der Waals surface area contributed by atoms with E-state index in [0.717, 1.165) is 22.3 Å². The summed E-state index contributed by atoms with van der Waals surface area (Å²) in [5.74, 6) is -0.228. The number of hydrogen-bond donors (Lipinski definition) is 2. The van der Waals surface area contributed by atoms with Crippen LogP contribution in [0.15, 0.2) is 103 Å². The van der Waals surface area contributed by atoms with E-state index in [0.29, 0.717) is 18.5 Å². The molecule has 0 spiro atoms. The van der Waals surface area contributed by atoms with Gasteiger partial charge in [-0.05, 0) is 71.5 Å². The summed E-state index contributed by atoms with van der Waals surface area (Å²) in [7, 11) is 0. The summed E-state index contributed by atoms with van der Waals surface area (Å²) in [6.07, 6.45) is -1.26. The molecule has 5 nitrogen and oxygen atoms in total. The number of phenols is 1. The number of aryl methyl sites for hydroxylation is 1. The van der Waals surface area contributed by atoms with Crippen LogP contribution in [0.4, 0.5) is 14.9 Å². The second-order valence-corrected chi connectivity index (χ2v) is 8.90. The van der Waals surface area contributed by atoms with Gasteiger partial charge in [0.1, 0.15) is 17.6 Å². The molecule has 1 aliphatic rings. The zero-order valence-electron chi connectivity index (χ0n) is 19.5. The SMILES string of the molecule is O=C1O[C@H](C(O)CCc2ccccc2)[C@@H](c2ccc(-c3cccc(O)c3)cc2)N1c1ccc(F)cc1. The number of aliphatic hydroxyl groups is 1. The molecule has 2 N–H and O–H groups in total. The highest BCUT2D eigenvalue weighted by Gasteiger charge is 2.46. The third-order valence-corrected chi connectivity index (χ3v) is 6.51. The highest BCUT2D eigenvalue weighted by Crippen LogP contribution is 2.40. The number of carbonyl (C=O) groups excluding carboxylic acids is 1. The minimum Gasteiger partial charge on any atom is -0.508 e. The quantitative estimate of drug-likeness (QED) is 0.326. The van der Waals surface area contributed by atoms with E-state index < -0.39 is 30.2 Å². The Morgan fingerprint density at radius 1 is 0.861 bits per heavy atom. The fraction of sp³-hybridized carbons (Fsp3) is 0.167. The summed E-state index contributed by atoms with van der Waals surface area (Å²) in [5.41, 5.74) is 4.10. The van der Waals surface area contributed by atoms with Crippen molar-refractivity contribution in [2.75, 3.05) is 4.90 Å². The molecule has 0 saturated carbocycles. The average Bonchev–Trinajstić information content (AvgIpc) is 3.25. The van der Waals surface area contributed by atoms with Gasteiger partial charge in [0.15, 0.2) is 6.10 Å². The van der Waals surface area contributed by atoms with Crippen LogP contribution >= 0.6 is 0 Å². The zero-order chi connectivity index (χ0) is 25.1. The first-order chi connectivity index (χ1) is 17.5. The monoisotopic (exact) mass is 483 g/mol. The molecule has 5 rings (SSSR count). The number of rotatable bonds is 7. The number of ether oxygens (including phenoxy) is 1. The third-order valence-electron chi connectivity index (χ3n) is 6.51. The van der Waals surface area contributed by atoms with Crippen LogP contribution < -0.4 is 4.90 Å². The Labute approximate surface area is 209 Å². The molecule has 36 heavy (non-hydrogen) atoms. The molecule has 0 radical (unpaired) electrons. The van der Waals surface area contributed by atoms with Crippen LogP contribution in [0.25, 0.3) is 11.1 Å². The number of carbonyl (C=O) groups is 1. The number of hydrogen-bond acceptors (Lipinski definition) is 4. The molecule has 3 atom stereocenters. The number of anilines is 1. The topological polar surface area (TPSA) is 70.0 Å². The van der Waals surface area contributed by atoms with Crippen LogP contribution in [0.1, 0.15) is 23.6 Å². The van der Waals surface area contributed by atoms with E-state index in [2.05, 4.69) is 0 Å². The summed E-state index contributed by atoms with van der Waals surface area (Å²) in [5, 5.41) is 21.0. The highest BCUT2D eigenvalue weighted by atomic mass is 19.1. The molecule has 0 aliphatic carbocycles. The fourth-order valence-electron chi connectivity index (χ4n) is 4.68. The fourth-order valence-corrected chi connectivity index (χ4v) is 4.68. The van der Waals surface area contributed by atoms with Crippen molar-refractivity contribution in [1.82, 2.24) is 0 Å². The average molecular weight is 484 g/mol. The molecule has 1 aliphatic heterocycles. The molecule has 1 saturated heterocycles. The van der Waals surface area contributed by atoms with Gasteiger partial charge >= 0.3 is 6.09 Å². The Morgan fingerprint density at radius 2 is 1.58 bits per heavy atom. The first kappa shape index (κ1) is 23.6. The van der Waals surface area contributed by atoms with Gasteiger partial charge in [-0.2, -0.15) is 0 Å². The van der Waals surface area contributed by atoms with E-state index >= 15 is 0 Å². The van der Waals surface area contributed by atoms with E-state index in [1.165, 1.54) is 29.2 Å². The van der Waals surface area contributed by atoms with Crippen LogP contribution in [0.5, 0.6) is 5.75 Å². The molecule has 0 aromatic heterocycles. The van der Waals surface area contributed by atoms with Gasteiger partial charge in [0.25, 0.3) is 0 Å². The lowest BCUT2D eigenvalue weighted by atomic mass is 9.92. The Hall–Kier alpha value is -4.16. The van der Waals surface area contributed by atoms with Gasteiger partial charge in [-0.15, -0.1) is 0 Å². The molecule has 6 heteroatoms. The van der Waals surface area contributed by atoms with Crippen LogP contribution in [-0.2, 0) is 11.2 Å². The number of halogens is 1. The Bertz CT molecular complexity index is 1330. The first-order valence-electron chi connectivity index (χ1n) is 11.9. The van der Waals surface area contributed by atoms with E-state index in [9.17, 15) is 19.4 Å². The number of nitrogens with zero attached hydrogens (tertiary/aromatic N) is 1. The molecule has 4 aromatic carbocycles. The maximum absolute atomic E-state index is 13.6. The summed E-state index contributed by atoms with van der Waals surface area (Å²) in [6.45, 7) is 0. The van der Waals surface area contributed by atoms with Crippen molar-refractivity contribution in [3.8, 4) is 16.9 Å². The Balaban J connectivity index is 1.46. The summed E-state index contributed by atoms with van der Waals surface area (Å²) in [4.78, 5) is 14.5. The lowest BCUT2D eigenvalue weighted by molar-refractivity contribution is 0.0146. The van der Waals surface area contributed by atoms with Crippen LogP contribution in [0, 0.1) is 5.82 Å². The molecule has 1 unspecified atom stereocenters. The van der Waals surface area contributed by atoms with Gasteiger partial charge in [-0.3, -0.25) is 4.90 Å². The van der Waals surface area contributed by atoms with Crippen molar-refractivity contribution < 1.29 is 24.1 Å². The maximum atomic E-state index is 13.6. The predicted octanol–water partition coefficient (Wildman–Crippen LogP) is 6.26. The van der Waals surface area contributed by atoms with Crippen molar-refractivity contribution >= 4 is 11.8 Å². The number of phenolic OH excluding ortho intramolecular Hbond substituents is 1. The molecular formula is C30H26FNO4. The molecule has 1 fully saturated rings. The van der Waals surface area contributed by atoms with Crippen LogP contribution in [0.3, 0.4) is 0 Å². The molecule has 182 valence electrons. The van der Waals surface area contributed by atoms with E-state index in [4.69, 9.17) is 4.74 Å². The number of cyclic esters (lactones) is 1. The highest BCUT2D eigenvalue weighted by molar-refractivity contribution is 5.91. The molecule has 0 bridgehead atoms. The minimum absolute atomic E-state index is 0.176. The largest absolute Gasteiger partial charge is 0.508 e. The van der Waals surface area contributed by atoms with Crippen molar-refractivity contribution in [1.29, 1.82) is 0 Å². The Kier molecular flexibility index (Phi) is 6.69. The van der Waals surface area contributed by atoms with Crippen molar-refractivity contribution in [2.24, 2.45) is 0 Å². The van der Waals surface area contributed by atoms with Gasteiger partial charge in [-0.25, -0.2) is 9.18 Å². The summed E-state index contributed by atoms with van der Waals surface area (Å²) < 4.78 is 19.3. The van der Waals surface area contributed by atoms with E-state index in [1.807, 2.05) is 60.7 Å². The maximum Gasteiger partial charge on any atom is 0.415 e. The van der Waals surface area contributed by atoms with E-state index in [-0.39, 0.29) is 5.75 Å². The van der Waals surface area contributed by atoms with Crippen molar-refractivity contribution in [3.05, 3.63) is 120 Å². The zero-order valence-corrected chi connectivity index (χ0v) is 19.5. The van der Waals surface area contributed by atoms with Gasteiger partial charge in [0.2, 0.25) is 0 Å². The summed E-state index contributed by atoms with van der Waals surface area (Å²) >= 11 is 0. The van der Waals surface area contributed by atoms with Crippen molar-refractivity contribution in [3.63, 3.8) is 0 Å².